The Bertz CT molecular complexity index is 1370. The van der Waals surface area contributed by atoms with Crippen LogP contribution in [-0.4, -0.2) is 45.9 Å². The first-order valence-corrected chi connectivity index (χ1v) is 11.6. The molecule has 11 heteroatoms. The molecular formula is C23H22ClFN4O4S. The molecule has 4 aromatic rings. The van der Waals surface area contributed by atoms with Crippen LogP contribution in [0, 0.1) is 12.7 Å². The molecule has 0 saturated heterocycles. The van der Waals surface area contributed by atoms with Crippen molar-refractivity contribution in [1.29, 1.82) is 0 Å². The summed E-state index contributed by atoms with van der Waals surface area (Å²) >= 11 is 7.57. The number of hydrogen-bond donors (Lipinski definition) is 2. The smallest absolute Gasteiger partial charge is 0.349 e. The molecule has 3 heterocycles. The van der Waals surface area contributed by atoms with Crippen molar-refractivity contribution in [2.24, 2.45) is 0 Å². The third-order valence-electron chi connectivity index (χ3n) is 5.25. The second-order valence-corrected chi connectivity index (χ2v) is 8.66. The fourth-order valence-corrected chi connectivity index (χ4v) is 5.18. The number of methoxy groups -OCH3 is 1. The molecule has 2 N–H and O–H groups in total. The molecule has 0 amide bonds. The standard InChI is InChI=1S/C23H22ClFN4O4S/c1-4-33-18-12(2)20(34-21(18)23(30)31)14-10-16(28-11-27-14)26-8-9-29-15-7-5-6-13(25)17(15)19(32-3)22(29)24/h5-7,10-11H,4,8-9H2,1-3H3,(H,30,31)(H,26,27,28). The Kier molecular flexibility index (Phi) is 6.90. The lowest BCUT2D eigenvalue weighted by molar-refractivity contribution is 0.0698. The minimum atomic E-state index is -1.04. The van der Waals surface area contributed by atoms with Crippen molar-refractivity contribution in [3.8, 4) is 22.1 Å². The predicted molar refractivity (Wildman–Crippen MR) is 130 cm³/mol. The molecule has 34 heavy (non-hydrogen) atoms. The number of benzene rings is 1. The zero-order valence-electron chi connectivity index (χ0n) is 18.7. The van der Waals surface area contributed by atoms with Gasteiger partial charge in [-0.15, -0.1) is 11.3 Å². The number of hydrogen-bond acceptors (Lipinski definition) is 7. The summed E-state index contributed by atoms with van der Waals surface area (Å²) in [7, 11) is 1.46. The molecular weight excluding hydrogens is 483 g/mol. The Hall–Kier alpha value is -3.37. The van der Waals surface area contributed by atoms with E-state index in [9.17, 15) is 14.3 Å². The Labute approximate surface area is 203 Å². The van der Waals surface area contributed by atoms with Crippen molar-refractivity contribution in [1.82, 2.24) is 14.5 Å². The van der Waals surface area contributed by atoms with Gasteiger partial charge in [0.25, 0.3) is 0 Å². The molecule has 178 valence electrons. The minimum absolute atomic E-state index is 0.137. The van der Waals surface area contributed by atoms with Gasteiger partial charge in [0.1, 0.15) is 23.7 Å². The maximum Gasteiger partial charge on any atom is 0.349 e. The van der Waals surface area contributed by atoms with E-state index in [4.69, 9.17) is 21.1 Å². The van der Waals surface area contributed by atoms with Gasteiger partial charge in [-0.3, -0.25) is 0 Å². The molecule has 8 nitrogen and oxygen atoms in total. The number of thiophene rings is 1. The van der Waals surface area contributed by atoms with E-state index in [2.05, 4.69) is 15.3 Å². The molecule has 0 atom stereocenters. The third-order valence-corrected chi connectivity index (χ3v) is 6.91. The van der Waals surface area contributed by atoms with Crippen LogP contribution in [0.4, 0.5) is 10.2 Å². The first-order chi connectivity index (χ1) is 16.4. The van der Waals surface area contributed by atoms with E-state index in [0.717, 1.165) is 11.3 Å². The van der Waals surface area contributed by atoms with Crippen LogP contribution in [0.3, 0.4) is 0 Å². The van der Waals surface area contributed by atoms with Gasteiger partial charge < -0.3 is 24.5 Å². The Balaban J connectivity index is 1.57. The van der Waals surface area contributed by atoms with Crippen molar-refractivity contribution in [3.05, 3.63) is 52.0 Å². The van der Waals surface area contributed by atoms with E-state index in [1.165, 1.54) is 19.5 Å². The zero-order valence-corrected chi connectivity index (χ0v) is 20.3. The summed E-state index contributed by atoms with van der Waals surface area (Å²) in [4.78, 5) is 21.0. The van der Waals surface area contributed by atoms with Crippen molar-refractivity contribution < 1.29 is 23.8 Å². The van der Waals surface area contributed by atoms with Gasteiger partial charge in [0.2, 0.25) is 0 Å². The molecule has 3 aromatic heterocycles. The Morgan fingerprint density at radius 3 is 2.82 bits per heavy atom. The molecule has 0 aliphatic carbocycles. The quantitative estimate of drug-likeness (QED) is 0.311. The molecule has 4 rings (SSSR count). The fraction of sp³-hybridized carbons (Fsp3) is 0.261. The molecule has 0 saturated carbocycles. The van der Waals surface area contributed by atoms with Crippen molar-refractivity contribution in [3.63, 3.8) is 0 Å². The van der Waals surface area contributed by atoms with Gasteiger partial charge in [0.15, 0.2) is 15.8 Å². The van der Waals surface area contributed by atoms with Crippen molar-refractivity contribution >= 4 is 45.6 Å². The van der Waals surface area contributed by atoms with E-state index in [1.807, 2.05) is 6.92 Å². The zero-order chi connectivity index (χ0) is 24.4. The number of rotatable bonds is 9. The number of carboxylic acid groups (broad SMARTS) is 1. The van der Waals surface area contributed by atoms with E-state index >= 15 is 0 Å². The highest BCUT2D eigenvalue weighted by atomic mass is 35.5. The Morgan fingerprint density at radius 2 is 2.12 bits per heavy atom. The van der Waals surface area contributed by atoms with Gasteiger partial charge in [0.05, 0.1) is 35.2 Å². The number of nitrogens with one attached hydrogen (secondary N) is 1. The highest BCUT2D eigenvalue weighted by molar-refractivity contribution is 7.17. The monoisotopic (exact) mass is 504 g/mol. The topological polar surface area (TPSA) is 98.5 Å². The van der Waals surface area contributed by atoms with Gasteiger partial charge in [-0.1, -0.05) is 17.7 Å². The van der Waals surface area contributed by atoms with Gasteiger partial charge in [-0.05, 0) is 26.0 Å². The molecule has 0 unspecified atom stereocenters. The number of halogens is 2. The maximum atomic E-state index is 14.4. The number of aromatic carboxylic acids is 1. The van der Waals surface area contributed by atoms with E-state index in [0.29, 0.717) is 69.2 Å². The Morgan fingerprint density at radius 1 is 1.32 bits per heavy atom. The summed E-state index contributed by atoms with van der Waals surface area (Å²) in [6.45, 7) is 4.84. The van der Waals surface area contributed by atoms with Crippen LogP contribution < -0.4 is 14.8 Å². The van der Waals surface area contributed by atoms with Gasteiger partial charge in [-0.25, -0.2) is 19.2 Å². The van der Waals surface area contributed by atoms with Gasteiger partial charge >= 0.3 is 5.97 Å². The lowest BCUT2D eigenvalue weighted by Gasteiger charge is -2.10. The second kappa shape index (κ2) is 9.86. The summed E-state index contributed by atoms with van der Waals surface area (Å²) in [6, 6.07) is 6.52. The lowest BCUT2D eigenvalue weighted by Crippen LogP contribution is -2.11. The average molecular weight is 505 g/mol. The highest BCUT2D eigenvalue weighted by Gasteiger charge is 2.23. The summed E-state index contributed by atoms with van der Waals surface area (Å²) < 4.78 is 27.0. The van der Waals surface area contributed by atoms with Crippen LogP contribution >= 0.6 is 22.9 Å². The number of fused-ring (bicyclic) bond motifs is 1. The number of anilines is 1. The molecule has 0 aliphatic heterocycles. The summed E-state index contributed by atoms with van der Waals surface area (Å²) in [5.41, 5.74) is 1.93. The first-order valence-electron chi connectivity index (χ1n) is 10.4. The average Bonchev–Trinajstić information content (AvgIpc) is 3.29. The third kappa shape index (κ3) is 4.26. The normalized spacial score (nSPS) is 11.1. The summed E-state index contributed by atoms with van der Waals surface area (Å²) in [5.74, 6) is -0.233. The number of carbonyl (C=O) groups is 1. The second-order valence-electron chi connectivity index (χ2n) is 7.28. The molecule has 0 aliphatic rings. The van der Waals surface area contributed by atoms with Crippen LogP contribution in [0.25, 0.3) is 21.5 Å². The molecule has 1 aromatic carbocycles. The number of carboxylic acids is 1. The van der Waals surface area contributed by atoms with Gasteiger partial charge in [-0.2, -0.15) is 0 Å². The highest BCUT2D eigenvalue weighted by Crippen LogP contribution is 2.41. The largest absolute Gasteiger partial charge is 0.493 e. The fourth-order valence-electron chi connectivity index (χ4n) is 3.77. The minimum Gasteiger partial charge on any atom is -0.493 e. The van der Waals surface area contributed by atoms with Crippen molar-refractivity contribution in [2.75, 3.05) is 25.6 Å². The van der Waals surface area contributed by atoms with Crippen LogP contribution in [0.2, 0.25) is 5.15 Å². The van der Waals surface area contributed by atoms with Crippen molar-refractivity contribution in [2.45, 2.75) is 20.4 Å². The lowest BCUT2D eigenvalue weighted by atomic mass is 10.2. The first kappa shape index (κ1) is 23.8. The predicted octanol–water partition coefficient (Wildman–Crippen LogP) is 5.48. The number of nitrogens with zero attached hydrogens (tertiary/aromatic N) is 3. The van der Waals surface area contributed by atoms with Crippen LogP contribution in [0.5, 0.6) is 11.5 Å². The molecule has 0 spiro atoms. The van der Waals surface area contributed by atoms with Gasteiger partial charge in [0, 0.05) is 24.7 Å². The van der Waals surface area contributed by atoms with Crippen LogP contribution in [0.1, 0.15) is 22.2 Å². The maximum absolute atomic E-state index is 14.4. The SMILES string of the molecule is CCOc1c(C(=O)O)sc(-c2cc(NCCn3c(Cl)c(OC)c4c(F)cccc43)ncn2)c1C. The van der Waals surface area contributed by atoms with E-state index in [-0.39, 0.29) is 4.88 Å². The molecule has 0 fully saturated rings. The number of aromatic nitrogens is 3. The van der Waals surface area contributed by atoms with E-state index in [1.54, 1.807) is 29.7 Å². The summed E-state index contributed by atoms with van der Waals surface area (Å²) in [6.07, 6.45) is 1.41. The van der Waals surface area contributed by atoms with Crippen LogP contribution in [0.15, 0.2) is 30.6 Å². The molecule has 0 bridgehead atoms. The number of ether oxygens (including phenoxy) is 2. The van der Waals surface area contributed by atoms with Crippen LogP contribution in [-0.2, 0) is 6.54 Å². The van der Waals surface area contributed by atoms with E-state index < -0.39 is 11.8 Å². The molecule has 0 radical (unpaired) electrons. The summed E-state index contributed by atoms with van der Waals surface area (Å²) in [5, 5.41) is 13.4.